The number of hydrogen-bond donors (Lipinski definition) is 1. The summed E-state index contributed by atoms with van der Waals surface area (Å²) in [6.07, 6.45) is 7.30. The van der Waals surface area contributed by atoms with Gasteiger partial charge in [-0.25, -0.2) is 4.39 Å². The minimum atomic E-state index is -1.41. The molecular weight excluding hydrogens is 377 g/mol. The lowest BCUT2D eigenvalue weighted by molar-refractivity contribution is -0.400. The molecule has 3 aromatic heterocycles. The molecule has 2 aliphatic carbocycles. The van der Waals surface area contributed by atoms with Gasteiger partial charge in [-0.3, -0.25) is 4.79 Å². The Labute approximate surface area is 165 Å². The van der Waals surface area contributed by atoms with Gasteiger partial charge in [0.15, 0.2) is 18.2 Å². The topological polar surface area (TPSA) is 92.7 Å². The van der Waals surface area contributed by atoms with E-state index in [1.54, 1.807) is 36.7 Å². The zero-order valence-corrected chi connectivity index (χ0v) is 15.7. The van der Waals surface area contributed by atoms with Gasteiger partial charge < -0.3 is 14.0 Å². The van der Waals surface area contributed by atoms with E-state index in [4.69, 9.17) is 14.0 Å². The summed E-state index contributed by atoms with van der Waals surface area (Å²) >= 11 is 0. The number of alkyl halides is 1. The fourth-order valence-corrected chi connectivity index (χ4v) is 3.68. The molecule has 2 aliphatic rings. The molecule has 2 fully saturated rings. The molecule has 0 radical (unpaired) electrons. The standard InChI is InChI=1S/C21H20FN3O4/c22-21(14-6-7-23-20(8-14)27-15-2-1-3-15)10-16(11-21)28-19-5-4-13(12-24-19)17-9-18(26)25-29-17/h4-9,12,15-16H,1-3,10-11H2,(H,25,26)/p+2. The van der Waals surface area contributed by atoms with Crippen LogP contribution in [0.1, 0.15) is 37.7 Å². The van der Waals surface area contributed by atoms with Crippen molar-refractivity contribution in [2.24, 2.45) is 0 Å². The highest BCUT2D eigenvalue weighted by Gasteiger charge is 2.49. The SMILES string of the molecule is O=c1cc(-c2ccc(OC3CC(F)(c4cc[nH+]c(OC5CCC5)c4)C3)[nH+]c2)o[nH]1. The highest BCUT2D eigenvalue weighted by molar-refractivity contribution is 5.54. The molecule has 7 nitrogen and oxygen atoms in total. The Morgan fingerprint density at radius 3 is 2.55 bits per heavy atom. The molecule has 0 saturated heterocycles. The van der Waals surface area contributed by atoms with Crippen molar-refractivity contribution in [3.8, 4) is 23.1 Å². The van der Waals surface area contributed by atoms with Crippen LogP contribution in [0.25, 0.3) is 11.3 Å². The first-order valence-electron chi connectivity index (χ1n) is 9.82. The first-order chi connectivity index (χ1) is 14.1. The molecule has 0 unspecified atom stereocenters. The number of aromatic amines is 3. The van der Waals surface area contributed by atoms with E-state index in [9.17, 15) is 4.79 Å². The number of aromatic nitrogens is 3. The van der Waals surface area contributed by atoms with E-state index < -0.39 is 5.67 Å². The lowest BCUT2D eigenvalue weighted by atomic mass is 9.74. The minimum absolute atomic E-state index is 0.215. The predicted octanol–water partition coefficient (Wildman–Crippen LogP) is 2.60. The summed E-state index contributed by atoms with van der Waals surface area (Å²) in [5, 5.41) is 2.25. The molecule has 3 aromatic rings. The van der Waals surface area contributed by atoms with Crippen LogP contribution >= 0.6 is 0 Å². The molecule has 3 heterocycles. The second-order valence-electron chi connectivity index (χ2n) is 7.74. The van der Waals surface area contributed by atoms with Crippen LogP contribution in [0.4, 0.5) is 4.39 Å². The second-order valence-corrected chi connectivity index (χ2v) is 7.74. The van der Waals surface area contributed by atoms with Crippen LogP contribution in [0.15, 0.2) is 52.0 Å². The number of ether oxygens (including phenoxy) is 2. The smallest absolute Gasteiger partial charge is 0.366 e. The summed E-state index contributed by atoms with van der Waals surface area (Å²) in [5.41, 5.74) is -0.379. The molecule has 2 saturated carbocycles. The van der Waals surface area contributed by atoms with Gasteiger partial charge in [0.25, 0.3) is 5.56 Å². The third kappa shape index (κ3) is 3.62. The van der Waals surface area contributed by atoms with Gasteiger partial charge in [0.2, 0.25) is 0 Å². The third-order valence-corrected chi connectivity index (χ3v) is 5.63. The van der Waals surface area contributed by atoms with Crippen molar-refractivity contribution in [1.29, 1.82) is 0 Å². The Hall–Kier alpha value is -3.16. The monoisotopic (exact) mass is 399 g/mol. The first kappa shape index (κ1) is 17.9. The van der Waals surface area contributed by atoms with Gasteiger partial charge in [0.1, 0.15) is 17.9 Å². The maximum Gasteiger partial charge on any atom is 0.366 e. The number of H-pyrrole nitrogens is 3. The van der Waals surface area contributed by atoms with Gasteiger partial charge in [0, 0.05) is 24.5 Å². The van der Waals surface area contributed by atoms with Gasteiger partial charge in [-0.2, -0.15) is 15.1 Å². The van der Waals surface area contributed by atoms with Crippen molar-refractivity contribution in [2.45, 2.75) is 50.0 Å². The van der Waals surface area contributed by atoms with Crippen molar-refractivity contribution >= 4 is 0 Å². The lowest BCUT2D eigenvalue weighted by Gasteiger charge is -2.40. The van der Waals surface area contributed by atoms with Crippen LogP contribution in [0.2, 0.25) is 0 Å². The Balaban J connectivity index is 1.20. The summed E-state index contributed by atoms with van der Waals surface area (Å²) in [6.45, 7) is 0. The Morgan fingerprint density at radius 1 is 1.07 bits per heavy atom. The Morgan fingerprint density at radius 2 is 1.90 bits per heavy atom. The summed E-state index contributed by atoms with van der Waals surface area (Å²) in [5.74, 6) is 1.59. The molecular formula is C21H22FN3O4+2. The molecule has 0 spiro atoms. The number of rotatable bonds is 6. The zero-order valence-electron chi connectivity index (χ0n) is 15.7. The van der Waals surface area contributed by atoms with E-state index in [0.717, 1.165) is 12.8 Å². The summed E-state index contributed by atoms with van der Waals surface area (Å²) in [7, 11) is 0. The van der Waals surface area contributed by atoms with E-state index >= 15 is 4.39 Å². The molecule has 5 rings (SSSR count). The van der Waals surface area contributed by atoms with Gasteiger partial charge in [0.05, 0.1) is 23.8 Å². The summed E-state index contributed by atoms with van der Waals surface area (Å²) in [4.78, 5) is 17.2. The zero-order chi connectivity index (χ0) is 19.8. The molecule has 0 aromatic carbocycles. The average Bonchev–Trinajstić information content (AvgIpc) is 3.10. The molecule has 0 amide bonds. The van der Waals surface area contributed by atoms with Crippen molar-refractivity contribution in [2.75, 3.05) is 0 Å². The molecule has 0 bridgehead atoms. The fraction of sp³-hybridized carbons (Fsp3) is 0.381. The number of pyridine rings is 2. The van der Waals surface area contributed by atoms with Crippen LogP contribution in [-0.4, -0.2) is 17.4 Å². The number of hydrogen-bond acceptors (Lipinski definition) is 4. The van der Waals surface area contributed by atoms with Crippen molar-refractivity contribution in [3.63, 3.8) is 0 Å². The van der Waals surface area contributed by atoms with Crippen LogP contribution in [0.5, 0.6) is 11.8 Å². The van der Waals surface area contributed by atoms with E-state index in [1.807, 2.05) is 0 Å². The second kappa shape index (κ2) is 7.02. The van der Waals surface area contributed by atoms with Crippen molar-refractivity contribution < 1.29 is 28.4 Å². The maximum absolute atomic E-state index is 15.3. The highest BCUT2D eigenvalue weighted by Crippen LogP contribution is 2.46. The predicted molar refractivity (Wildman–Crippen MR) is 99.0 cm³/mol. The lowest BCUT2D eigenvalue weighted by Crippen LogP contribution is -2.45. The summed E-state index contributed by atoms with van der Waals surface area (Å²) < 4.78 is 32.0. The van der Waals surface area contributed by atoms with E-state index in [2.05, 4.69) is 15.1 Å². The molecule has 29 heavy (non-hydrogen) atoms. The number of nitrogens with one attached hydrogen (secondary N) is 3. The normalized spacial score (nSPS) is 23.8. The van der Waals surface area contributed by atoms with Crippen molar-refractivity contribution in [3.05, 3.63) is 58.6 Å². The molecule has 8 heteroatoms. The third-order valence-electron chi connectivity index (χ3n) is 5.63. The molecule has 3 N–H and O–H groups in total. The average molecular weight is 399 g/mol. The van der Waals surface area contributed by atoms with Crippen LogP contribution in [0.3, 0.4) is 0 Å². The van der Waals surface area contributed by atoms with E-state index in [-0.39, 0.29) is 30.6 Å². The summed E-state index contributed by atoms with van der Waals surface area (Å²) in [6, 6.07) is 8.40. The fourth-order valence-electron chi connectivity index (χ4n) is 3.68. The maximum atomic E-state index is 15.3. The van der Waals surface area contributed by atoms with Gasteiger partial charge >= 0.3 is 11.8 Å². The van der Waals surface area contributed by atoms with Crippen molar-refractivity contribution in [1.82, 2.24) is 5.16 Å². The molecule has 150 valence electrons. The van der Waals surface area contributed by atoms with Gasteiger partial charge in [-0.1, -0.05) is 0 Å². The van der Waals surface area contributed by atoms with Gasteiger partial charge in [-0.05, 0) is 25.3 Å². The largest absolute Gasteiger partial charge is 0.441 e. The quantitative estimate of drug-likeness (QED) is 0.690. The van der Waals surface area contributed by atoms with Crippen LogP contribution in [-0.2, 0) is 5.67 Å². The first-order valence-corrected chi connectivity index (χ1v) is 9.82. The van der Waals surface area contributed by atoms with Crippen LogP contribution < -0.4 is 25.0 Å². The van der Waals surface area contributed by atoms with E-state index in [1.165, 1.54) is 12.5 Å². The Bertz CT molecular complexity index is 1050. The highest BCUT2D eigenvalue weighted by atomic mass is 19.1. The number of halogens is 1. The molecule has 0 aliphatic heterocycles. The molecule has 0 atom stereocenters. The minimum Gasteiger partial charge on any atom is -0.441 e. The van der Waals surface area contributed by atoms with E-state index in [0.29, 0.717) is 28.6 Å². The van der Waals surface area contributed by atoms with Gasteiger partial charge in [-0.15, -0.1) is 0 Å². The van der Waals surface area contributed by atoms with Crippen LogP contribution in [0, 0.1) is 0 Å². The Kier molecular flexibility index (Phi) is 4.34.